The summed E-state index contributed by atoms with van der Waals surface area (Å²) in [5.41, 5.74) is -0.0517. The molecule has 0 saturated heterocycles. The first-order chi connectivity index (χ1) is 8.60. The lowest BCUT2D eigenvalue weighted by atomic mass is 10.2. The number of carbonyl (C=O) groups is 2. The Kier molecular flexibility index (Phi) is 4.35. The number of aromatic nitrogens is 1. The molecule has 0 spiro atoms. The van der Waals surface area contributed by atoms with Gasteiger partial charge in [-0.3, -0.25) is 4.79 Å². The average Bonchev–Trinajstić information content (AvgIpc) is 2.38. The van der Waals surface area contributed by atoms with Crippen molar-refractivity contribution in [1.29, 1.82) is 10.5 Å². The summed E-state index contributed by atoms with van der Waals surface area (Å²) < 4.78 is 0. The summed E-state index contributed by atoms with van der Waals surface area (Å²) in [4.78, 5) is 27.0. The zero-order valence-electron chi connectivity index (χ0n) is 9.20. The number of nitrogens with zero attached hydrogens (tertiary/aromatic N) is 4. The molecule has 7 nitrogen and oxygen atoms in total. The van der Waals surface area contributed by atoms with Crippen LogP contribution >= 0.6 is 0 Å². The molecule has 0 aliphatic heterocycles. The van der Waals surface area contributed by atoms with Crippen LogP contribution in [0.2, 0.25) is 0 Å². The fourth-order valence-electron chi connectivity index (χ4n) is 1.20. The predicted octanol–water partition coefficient (Wildman–Crippen LogP) is 0.269. The standard InChI is InChI=1S/C11H8N4O3/c12-3-5-15(6-4-13)10(16)8-1-2-9(11(17)18)14-7-8/h1-2,7H,5-6H2,(H,17,18). The Hall–Kier alpha value is -2.93. The molecule has 0 atom stereocenters. The summed E-state index contributed by atoms with van der Waals surface area (Å²) >= 11 is 0. The maximum Gasteiger partial charge on any atom is 0.354 e. The van der Waals surface area contributed by atoms with Gasteiger partial charge in [0.05, 0.1) is 17.7 Å². The SMILES string of the molecule is N#CCN(CC#N)C(=O)c1ccc(C(=O)O)nc1. The number of pyridine rings is 1. The molecule has 0 bridgehead atoms. The lowest BCUT2D eigenvalue weighted by molar-refractivity contribution is 0.0688. The summed E-state index contributed by atoms with van der Waals surface area (Å²) in [7, 11) is 0. The van der Waals surface area contributed by atoms with Crippen LogP contribution in [0.1, 0.15) is 20.8 Å². The molecule has 0 aliphatic carbocycles. The van der Waals surface area contributed by atoms with Gasteiger partial charge in [-0.1, -0.05) is 0 Å². The molecule has 1 rings (SSSR count). The van der Waals surface area contributed by atoms with Gasteiger partial charge in [0.1, 0.15) is 18.8 Å². The van der Waals surface area contributed by atoms with E-state index in [4.69, 9.17) is 15.6 Å². The molecule has 1 aromatic rings. The molecule has 0 aromatic carbocycles. The monoisotopic (exact) mass is 244 g/mol. The van der Waals surface area contributed by atoms with Crippen molar-refractivity contribution in [1.82, 2.24) is 9.88 Å². The van der Waals surface area contributed by atoms with E-state index in [0.717, 1.165) is 11.1 Å². The largest absolute Gasteiger partial charge is 0.477 e. The number of rotatable bonds is 4. The molecule has 0 aliphatic rings. The van der Waals surface area contributed by atoms with Crippen molar-refractivity contribution in [2.75, 3.05) is 13.1 Å². The molecule has 0 saturated carbocycles. The summed E-state index contributed by atoms with van der Waals surface area (Å²) in [5.74, 6) is -1.73. The van der Waals surface area contributed by atoms with Gasteiger partial charge in [0.15, 0.2) is 0 Å². The van der Waals surface area contributed by atoms with Crippen molar-refractivity contribution in [3.63, 3.8) is 0 Å². The quantitative estimate of drug-likeness (QED) is 0.759. The molecule has 90 valence electrons. The Morgan fingerprint density at radius 1 is 1.28 bits per heavy atom. The van der Waals surface area contributed by atoms with E-state index in [2.05, 4.69) is 4.98 Å². The molecule has 1 N–H and O–H groups in total. The van der Waals surface area contributed by atoms with E-state index in [1.54, 1.807) is 12.1 Å². The first-order valence-corrected chi connectivity index (χ1v) is 4.82. The van der Waals surface area contributed by atoms with E-state index < -0.39 is 11.9 Å². The van der Waals surface area contributed by atoms with Crippen molar-refractivity contribution in [3.05, 3.63) is 29.6 Å². The minimum Gasteiger partial charge on any atom is -0.477 e. The van der Waals surface area contributed by atoms with Crippen LogP contribution < -0.4 is 0 Å². The molecular weight excluding hydrogens is 236 g/mol. The summed E-state index contributed by atoms with van der Waals surface area (Å²) in [6.45, 7) is -0.430. The Bertz CT molecular complexity index is 523. The number of carboxylic acids is 1. The molecule has 7 heteroatoms. The second-order valence-corrected chi connectivity index (χ2v) is 3.21. The summed E-state index contributed by atoms with van der Waals surface area (Å²) in [5, 5.41) is 25.7. The molecule has 0 unspecified atom stereocenters. The Balaban J connectivity index is 2.92. The van der Waals surface area contributed by atoms with Crippen LogP contribution in [-0.2, 0) is 0 Å². The van der Waals surface area contributed by atoms with Crippen LogP contribution in [0.4, 0.5) is 0 Å². The van der Waals surface area contributed by atoms with Crippen LogP contribution in [0.3, 0.4) is 0 Å². The van der Waals surface area contributed by atoms with Crippen LogP contribution in [0.5, 0.6) is 0 Å². The topological polar surface area (TPSA) is 118 Å². The van der Waals surface area contributed by atoms with Crippen LogP contribution in [-0.4, -0.2) is 40.0 Å². The van der Waals surface area contributed by atoms with Gasteiger partial charge in [-0.25, -0.2) is 9.78 Å². The minimum absolute atomic E-state index is 0.130. The van der Waals surface area contributed by atoms with Crippen LogP contribution in [0, 0.1) is 22.7 Å². The van der Waals surface area contributed by atoms with Gasteiger partial charge in [-0.15, -0.1) is 0 Å². The maximum atomic E-state index is 11.8. The van der Waals surface area contributed by atoms with Gasteiger partial charge in [-0.05, 0) is 12.1 Å². The third-order valence-electron chi connectivity index (χ3n) is 2.04. The van der Waals surface area contributed by atoms with E-state index in [1.165, 1.54) is 12.1 Å². The minimum atomic E-state index is -1.19. The number of aromatic carboxylic acids is 1. The normalized spacial score (nSPS) is 9.00. The molecule has 18 heavy (non-hydrogen) atoms. The smallest absolute Gasteiger partial charge is 0.354 e. The number of hydrogen-bond donors (Lipinski definition) is 1. The first-order valence-electron chi connectivity index (χ1n) is 4.82. The van der Waals surface area contributed by atoms with Crippen LogP contribution in [0.15, 0.2) is 18.3 Å². The highest BCUT2D eigenvalue weighted by atomic mass is 16.4. The Labute approximate surface area is 103 Å². The number of nitriles is 2. The van der Waals surface area contributed by atoms with Crippen molar-refractivity contribution in [2.45, 2.75) is 0 Å². The van der Waals surface area contributed by atoms with Crippen molar-refractivity contribution < 1.29 is 14.7 Å². The number of carbonyl (C=O) groups excluding carboxylic acids is 1. The molecular formula is C11H8N4O3. The van der Waals surface area contributed by atoms with E-state index >= 15 is 0 Å². The van der Waals surface area contributed by atoms with Gasteiger partial charge < -0.3 is 10.0 Å². The van der Waals surface area contributed by atoms with Crippen molar-refractivity contribution in [3.8, 4) is 12.1 Å². The third-order valence-corrected chi connectivity index (χ3v) is 2.04. The molecule has 0 fully saturated rings. The Morgan fingerprint density at radius 3 is 2.28 bits per heavy atom. The zero-order valence-corrected chi connectivity index (χ0v) is 9.20. The zero-order chi connectivity index (χ0) is 13.5. The highest BCUT2D eigenvalue weighted by Crippen LogP contribution is 2.05. The lowest BCUT2D eigenvalue weighted by Crippen LogP contribution is -2.31. The van der Waals surface area contributed by atoms with Gasteiger partial charge >= 0.3 is 5.97 Å². The highest BCUT2D eigenvalue weighted by Gasteiger charge is 2.16. The average molecular weight is 244 g/mol. The fourth-order valence-corrected chi connectivity index (χ4v) is 1.20. The number of carboxylic acid groups (broad SMARTS) is 1. The lowest BCUT2D eigenvalue weighted by Gasteiger charge is -2.15. The van der Waals surface area contributed by atoms with E-state index in [9.17, 15) is 9.59 Å². The van der Waals surface area contributed by atoms with Gasteiger partial charge in [0.25, 0.3) is 5.91 Å². The van der Waals surface area contributed by atoms with E-state index in [-0.39, 0.29) is 24.3 Å². The molecule has 1 aromatic heterocycles. The van der Waals surface area contributed by atoms with Crippen molar-refractivity contribution in [2.24, 2.45) is 0 Å². The third kappa shape index (κ3) is 3.03. The summed E-state index contributed by atoms with van der Waals surface area (Å²) in [6, 6.07) is 6.02. The molecule has 1 heterocycles. The first kappa shape index (κ1) is 13.1. The van der Waals surface area contributed by atoms with Crippen molar-refractivity contribution >= 4 is 11.9 Å². The number of amides is 1. The fraction of sp³-hybridized carbons (Fsp3) is 0.182. The van der Waals surface area contributed by atoms with Gasteiger partial charge in [0.2, 0.25) is 0 Å². The van der Waals surface area contributed by atoms with E-state index in [1.807, 2.05) is 0 Å². The van der Waals surface area contributed by atoms with Gasteiger partial charge in [-0.2, -0.15) is 10.5 Å². The molecule has 1 amide bonds. The number of hydrogen-bond acceptors (Lipinski definition) is 5. The summed E-state index contributed by atoms with van der Waals surface area (Å²) in [6.07, 6.45) is 1.10. The van der Waals surface area contributed by atoms with Crippen LogP contribution in [0.25, 0.3) is 0 Å². The second-order valence-electron chi connectivity index (χ2n) is 3.21. The Morgan fingerprint density at radius 2 is 1.89 bits per heavy atom. The van der Waals surface area contributed by atoms with E-state index in [0.29, 0.717) is 0 Å². The predicted molar refractivity (Wildman–Crippen MR) is 58.3 cm³/mol. The van der Waals surface area contributed by atoms with Gasteiger partial charge in [0, 0.05) is 6.20 Å². The second kappa shape index (κ2) is 5.97. The highest BCUT2D eigenvalue weighted by molar-refractivity contribution is 5.95. The maximum absolute atomic E-state index is 11.8. The molecule has 0 radical (unpaired) electrons.